The second kappa shape index (κ2) is 14.3. The molecule has 0 radical (unpaired) electrons. The number of anilines is 1. The van der Waals surface area contributed by atoms with E-state index in [0.29, 0.717) is 43.7 Å². The Hall–Kier alpha value is -4.87. The molecule has 1 amide bonds. The standard InChI is InChI=1S/C41H46N2O9/c1-5-40(26-51-39(2,3)52-40)22-29-30(25-50-38(46)49-24-28-16-10-7-11-17-28)33(36(44)47-4)34-41(31-18-12-13-19-32(31)42-34)20-21-43(35(29)41)37(45)48-23-27-14-8-6-9-15-27/h6-19,29-30,35,42H,5,20-26H2,1-4H3/t29-,30-,35+,40+,41+/m0/s1. The molecule has 274 valence electrons. The Morgan fingerprint density at radius 3 is 2.17 bits per heavy atom. The van der Waals surface area contributed by atoms with Crippen molar-refractivity contribution in [2.75, 3.05) is 32.2 Å². The van der Waals surface area contributed by atoms with Gasteiger partial charge in [0.05, 0.1) is 36.3 Å². The Morgan fingerprint density at radius 2 is 1.54 bits per heavy atom. The molecule has 3 aromatic rings. The number of hydrogen-bond acceptors (Lipinski definition) is 10. The average Bonchev–Trinajstić information content (AvgIpc) is 3.83. The number of carbonyl (C=O) groups is 3. The van der Waals surface area contributed by atoms with Gasteiger partial charge in [0.2, 0.25) is 0 Å². The van der Waals surface area contributed by atoms with Gasteiger partial charge >= 0.3 is 18.2 Å². The molecule has 0 saturated carbocycles. The van der Waals surface area contributed by atoms with Gasteiger partial charge < -0.3 is 38.6 Å². The summed E-state index contributed by atoms with van der Waals surface area (Å²) in [6.45, 7) is 6.44. The van der Waals surface area contributed by atoms with E-state index in [-0.39, 0.29) is 19.8 Å². The molecule has 1 aliphatic carbocycles. The third kappa shape index (κ3) is 6.52. The van der Waals surface area contributed by atoms with E-state index in [0.717, 1.165) is 22.4 Å². The van der Waals surface area contributed by atoms with Gasteiger partial charge in [0, 0.05) is 23.8 Å². The van der Waals surface area contributed by atoms with Gasteiger partial charge in [-0.05, 0) is 61.8 Å². The molecular weight excluding hydrogens is 664 g/mol. The highest BCUT2D eigenvalue weighted by atomic mass is 16.8. The van der Waals surface area contributed by atoms with E-state index in [1.807, 2.05) is 99.6 Å². The lowest BCUT2D eigenvalue weighted by Gasteiger charge is -2.50. The first-order chi connectivity index (χ1) is 25.1. The number of hydrogen-bond donors (Lipinski definition) is 1. The van der Waals surface area contributed by atoms with Gasteiger partial charge in [0.15, 0.2) is 5.79 Å². The fraction of sp³-hybridized carbons (Fsp3) is 0.439. The van der Waals surface area contributed by atoms with Crippen molar-refractivity contribution in [1.29, 1.82) is 0 Å². The number of ether oxygens (including phenoxy) is 6. The van der Waals surface area contributed by atoms with Crippen molar-refractivity contribution in [3.63, 3.8) is 0 Å². The number of nitrogens with zero attached hydrogens (tertiary/aromatic N) is 1. The van der Waals surface area contributed by atoms with E-state index in [2.05, 4.69) is 11.4 Å². The van der Waals surface area contributed by atoms with Crippen LogP contribution in [-0.2, 0) is 51.8 Å². The molecule has 11 nitrogen and oxygen atoms in total. The van der Waals surface area contributed by atoms with Crippen LogP contribution in [0.5, 0.6) is 0 Å². The quantitative estimate of drug-likeness (QED) is 0.172. The molecule has 0 aromatic heterocycles. The predicted octanol–water partition coefficient (Wildman–Crippen LogP) is 7.11. The fourth-order valence-electron chi connectivity index (χ4n) is 8.78. The summed E-state index contributed by atoms with van der Waals surface area (Å²) >= 11 is 0. The second-order valence-corrected chi connectivity index (χ2v) is 14.5. The Bertz CT molecular complexity index is 1830. The molecule has 5 atom stereocenters. The number of rotatable bonds is 10. The molecule has 3 aromatic carbocycles. The number of carbonyl (C=O) groups excluding carboxylic acids is 3. The van der Waals surface area contributed by atoms with Gasteiger partial charge in [-0.3, -0.25) is 0 Å². The zero-order chi connectivity index (χ0) is 36.5. The van der Waals surface area contributed by atoms with Crippen LogP contribution >= 0.6 is 0 Å². The Kier molecular flexibility index (Phi) is 9.75. The van der Waals surface area contributed by atoms with Crippen molar-refractivity contribution in [3.05, 3.63) is 113 Å². The number of likely N-dealkylation sites (tertiary alicyclic amines) is 1. The van der Waals surface area contributed by atoms with Gasteiger partial charge in [0.25, 0.3) is 0 Å². The van der Waals surface area contributed by atoms with Crippen molar-refractivity contribution < 1.29 is 42.8 Å². The number of benzene rings is 3. The first-order valence-corrected chi connectivity index (χ1v) is 17.9. The summed E-state index contributed by atoms with van der Waals surface area (Å²) in [7, 11) is 1.35. The minimum atomic E-state index is -0.867. The molecule has 52 heavy (non-hydrogen) atoms. The molecular formula is C41H46N2O9. The average molecular weight is 711 g/mol. The van der Waals surface area contributed by atoms with Crippen LogP contribution in [0.3, 0.4) is 0 Å². The van der Waals surface area contributed by atoms with E-state index >= 15 is 0 Å². The van der Waals surface area contributed by atoms with Crippen molar-refractivity contribution in [1.82, 2.24) is 4.90 Å². The molecule has 1 N–H and O–H groups in total. The molecule has 3 heterocycles. The van der Waals surface area contributed by atoms with E-state index in [1.54, 1.807) is 4.90 Å². The van der Waals surface area contributed by atoms with Gasteiger partial charge in [-0.25, -0.2) is 14.4 Å². The van der Waals surface area contributed by atoms with Crippen molar-refractivity contribution >= 4 is 23.9 Å². The summed E-state index contributed by atoms with van der Waals surface area (Å²) in [5, 5.41) is 3.57. The highest BCUT2D eigenvalue weighted by Crippen LogP contribution is 2.62. The highest BCUT2D eigenvalue weighted by Gasteiger charge is 2.66. The van der Waals surface area contributed by atoms with Crippen LogP contribution in [0.15, 0.2) is 96.2 Å². The Labute approximate surface area is 304 Å². The summed E-state index contributed by atoms with van der Waals surface area (Å²) in [5.41, 5.74) is 2.98. The summed E-state index contributed by atoms with van der Waals surface area (Å²) in [5.74, 6) is -2.57. The van der Waals surface area contributed by atoms with Crippen molar-refractivity contribution in [2.45, 2.75) is 76.1 Å². The van der Waals surface area contributed by atoms with E-state index in [9.17, 15) is 14.4 Å². The van der Waals surface area contributed by atoms with Crippen LogP contribution in [0.1, 0.15) is 56.7 Å². The molecule has 3 aliphatic heterocycles. The maximum absolute atomic E-state index is 14.3. The first-order valence-electron chi connectivity index (χ1n) is 17.9. The molecule has 7 rings (SSSR count). The monoisotopic (exact) mass is 710 g/mol. The fourth-order valence-corrected chi connectivity index (χ4v) is 8.78. The van der Waals surface area contributed by atoms with Crippen LogP contribution in [0.25, 0.3) is 0 Å². The van der Waals surface area contributed by atoms with Crippen LogP contribution in [0.2, 0.25) is 0 Å². The van der Waals surface area contributed by atoms with E-state index in [4.69, 9.17) is 28.4 Å². The topological polar surface area (TPSA) is 122 Å². The number of esters is 1. The van der Waals surface area contributed by atoms with Crippen LogP contribution < -0.4 is 5.32 Å². The van der Waals surface area contributed by atoms with Crippen molar-refractivity contribution in [2.24, 2.45) is 11.8 Å². The normalized spacial score (nSPS) is 26.8. The third-order valence-corrected chi connectivity index (χ3v) is 11.1. The SMILES string of the molecule is CC[C@@]1(C[C@H]2[C@H](COC(=O)OCc3ccccc3)C(C(=O)OC)=C3Nc4ccccc4[C@]34CCN(C(=O)OCc3ccccc3)[C@H]24)COC(C)(C)O1. The van der Waals surface area contributed by atoms with Crippen LogP contribution in [0, 0.1) is 11.8 Å². The molecule has 1 spiro atoms. The summed E-state index contributed by atoms with van der Waals surface area (Å²) in [4.78, 5) is 43.3. The lowest BCUT2D eigenvalue weighted by molar-refractivity contribution is -0.169. The summed E-state index contributed by atoms with van der Waals surface area (Å²) in [6, 6.07) is 26.3. The third-order valence-electron chi connectivity index (χ3n) is 11.1. The second-order valence-electron chi connectivity index (χ2n) is 14.5. The Balaban J connectivity index is 1.31. The zero-order valence-electron chi connectivity index (χ0n) is 30.1. The van der Waals surface area contributed by atoms with Gasteiger partial charge in [-0.2, -0.15) is 0 Å². The number of para-hydroxylation sites is 1. The smallest absolute Gasteiger partial charge is 0.466 e. The predicted molar refractivity (Wildman–Crippen MR) is 191 cm³/mol. The lowest BCUT2D eigenvalue weighted by Crippen LogP contribution is -2.58. The first kappa shape index (κ1) is 35.5. The number of fused-ring (bicyclic) bond motifs is 1. The van der Waals surface area contributed by atoms with Gasteiger partial charge in [0.1, 0.15) is 19.8 Å². The minimum absolute atomic E-state index is 0.0293. The number of methoxy groups -OCH3 is 1. The largest absolute Gasteiger partial charge is 0.508 e. The molecule has 2 saturated heterocycles. The molecule has 0 unspecified atom stereocenters. The van der Waals surface area contributed by atoms with Crippen LogP contribution in [0.4, 0.5) is 15.3 Å². The van der Waals surface area contributed by atoms with E-state index in [1.165, 1.54) is 7.11 Å². The molecule has 0 bridgehead atoms. The number of nitrogens with one attached hydrogen (secondary N) is 1. The zero-order valence-corrected chi connectivity index (χ0v) is 30.1. The maximum Gasteiger partial charge on any atom is 0.508 e. The maximum atomic E-state index is 14.3. The summed E-state index contributed by atoms with van der Waals surface area (Å²) < 4.78 is 35.7. The van der Waals surface area contributed by atoms with Gasteiger partial charge in [-0.15, -0.1) is 0 Å². The van der Waals surface area contributed by atoms with E-state index < -0.39 is 52.9 Å². The lowest BCUT2D eigenvalue weighted by atomic mass is 9.58. The highest BCUT2D eigenvalue weighted by molar-refractivity contribution is 5.94. The molecule has 11 heteroatoms. The van der Waals surface area contributed by atoms with Crippen LogP contribution in [-0.4, -0.2) is 67.4 Å². The molecule has 4 aliphatic rings. The van der Waals surface area contributed by atoms with Crippen molar-refractivity contribution in [3.8, 4) is 0 Å². The Morgan fingerprint density at radius 1 is 0.885 bits per heavy atom. The molecule has 2 fully saturated rings. The number of amides is 1. The summed E-state index contributed by atoms with van der Waals surface area (Å²) in [6.07, 6.45) is 0.205. The minimum Gasteiger partial charge on any atom is -0.466 e. The van der Waals surface area contributed by atoms with Gasteiger partial charge in [-0.1, -0.05) is 85.8 Å².